The van der Waals surface area contributed by atoms with E-state index in [1.165, 1.54) is 0 Å². The Bertz CT molecular complexity index is 1180. The Balaban J connectivity index is 1.98. The zero-order valence-electron chi connectivity index (χ0n) is 19.8. The molecular weight excluding hydrogens is 297 g/mol. The zero-order chi connectivity index (χ0) is 22.0. The molecule has 120 valence electrons. The second-order valence-electron chi connectivity index (χ2n) is 6.21. The van der Waals surface area contributed by atoms with Crippen molar-refractivity contribution in [1.29, 1.82) is 0 Å². The number of hydrogen-bond acceptors (Lipinski definition) is 3. The Labute approximate surface area is 151 Å². The van der Waals surface area contributed by atoms with E-state index < -0.39 is 20.6 Å². The molecule has 24 heavy (non-hydrogen) atoms. The van der Waals surface area contributed by atoms with E-state index in [1.807, 2.05) is 6.07 Å². The highest BCUT2D eigenvalue weighted by atomic mass is 16.3. The van der Waals surface area contributed by atoms with Gasteiger partial charge in [0.1, 0.15) is 12.7 Å². The fourth-order valence-electron chi connectivity index (χ4n) is 3.33. The molecule has 0 N–H and O–H groups in total. The van der Waals surface area contributed by atoms with Gasteiger partial charge in [-0.3, -0.25) is 0 Å². The lowest BCUT2D eigenvalue weighted by atomic mass is 9.51. The number of furan rings is 1. The van der Waals surface area contributed by atoms with Gasteiger partial charge in [0.2, 0.25) is 5.71 Å². The second-order valence-corrected chi connectivity index (χ2v) is 6.21. The van der Waals surface area contributed by atoms with Crippen LogP contribution in [0.2, 0.25) is 0 Å². The highest BCUT2D eigenvalue weighted by Gasteiger charge is 2.41. The molecule has 3 aromatic rings. The van der Waals surface area contributed by atoms with Crippen LogP contribution in [0.25, 0.3) is 16.7 Å². The highest BCUT2D eigenvalue weighted by molar-refractivity contribution is 6.82. The van der Waals surface area contributed by atoms with Gasteiger partial charge in [-0.05, 0) is 57.1 Å². The third kappa shape index (κ3) is 2.08. The minimum Gasteiger partial charge on any atom is -0.449 e. The molecule has 0 unspecified atom stereocenters. The van der Waals surface area contributed by atoms with Gasteiger partial charge >= 0.3 is 6.85 Å². The summed E-state index contributed by atoms with van der Waals surface area (Å²) in [6.45, 7) is -3.22. The van der Waals surface area contributed by atoms with Gasteiger partial charge in [-0.25, -0.2) is 9.55 Å². The zero-order valence-corrected chi connectivity index (χ0v) is 13.8. The number of nitrogens with zero attached hydrogens (tertiary/aromatic N) is 3. The van der Waals surface area contributed by atoms with Crippen LogP contribution in [0.1, 0.15) is 31.8 Å². The molecule has 0 fully saturated rings. The highest BCUT2D eigenvalue weighted by Crippen LogP contribution is 2.28. The predicted octanol–water partition coefficient (Wildman–Crippen LogP) is 1.68. The van der Waals surface area contributed by atoms with Gasteiger partial charge in [0.15, 0.2) is 11.8 Å². The number of pyridine rings is 2. The molecule has 0 saturated carbocycles. The molecule has 0 saturated heterocycles. The van der Waals surface area contributed by atoms with Gasteiger partial charge in [0.25, 0.3) is 0 Å². The average Bonchev–Trinajstić information content (AvgIpc) is 3.00. The minimum atomic E-state index is -2.33. The fraction of sp³-hybridized carbons (Fsp3) is 0.263. The van der Waals surface area contributed by atoms with Crippen LogP contribution in [0, 0.1) is 13.8 Å². The fourth-order valence-corrected chi connectivity index (χ4v) is 3.33. The van der Waals surface area contributed by atoms with Crippen LogP contribution in [0.5, 0.6) is 0 Å². The minimum absolute atomic E-state index is 0.196. The van der Waals surface area contributed by atoms with E-state index in [9.17, 15) is 0 Å². The van der Waals surface area contributed by atoms with E-state index in [4.69, 9.17) is 12.6 Å². The Morgan fingerprint density at radius 1 is 1.33 bits per heavy atom. The SMILES string of the molecule is [2H]C([2H])([2H])C1=CN(C)B(c2cc(C)c(C([2H])([2H])[2H])c[n+]2C)c2oc3ncccc3c21. The van der Waals surface area contributed by atoms with Crippen LogP contribution in [0.15, 0.2) is 41.2 Å². The van der Waals surface area contributed by atoms with Crippen molar-refractivity contribution >= 4 is 34.8 Å². The summed E-state index contributed by atoms with van der Waals surface area (Å²) in [7, 11) is 3.56. The van der Waals surface area contributed by atoms with Crippen molar-refractivity contribution in [3.63, 3.8) is 0 Å². The van der Waals surface area contributed by atoms with Crippen molar-refractivity contribution in [2.75, 3.05) is 7.05 Å². The molecule has 0 spiro atoms. The Morgan fingerprint density at radius 3 is 3.00 bits per heavy atom. The number of aromatic nitrogens is 2. The lowest BCUT2D eigenvalue weighted by Gasteiger charge is -2.26. The lowest BCUT2D eigenvalue weighted by molar-refractivity contribution is -0.654. The third-order valence-corrected chi connectivity index (χ3v) is 4.55. The normalized spacial score (nSPS) is 18.9. The van der Waals surface area contributed by atoms with Crippen molar-refractivity contribution < 1.29 is 17.2 Å². The maximum atomic E-state index is 8.01. The van der Waals surface area contributed by atoms with Crippen LogP contribution in [0.3, 0.4) is 0 Å². The maximum absolute atomic E-state index is 8.01. The average molecular weight is 324 g/mol. The quantitative estimate of drug-likeness (QED) is 0.504. The Morgan fingerprint density at radius 2 is 2.21 bits per heavy atom. The smallest absolute Gasteiger partial charge is 0.443 e. The van der Waals surface area contributed by atoms with E-state index >= 15 is 0 Å². The molecule has 0 amide bonds. The maximum Gasteiger partial charge on any atom is 0.443 e. The van der Waals surface area contributed by atoms with Crippen molar-refractivity contribution in [2.45, 2.75) is 20.6 Å². The monoisotopic (exact) mass is 324 g/mol. The van der Waals surface area contributed by atoms with E-state index in [0.29, 0.717) is 27.9 Å². The molecule has 3 aromatic heterocycles. The summed E-state index contributed by atoms with van der Waals surface area (Å²) in [6.07, 6.45) is 4.83. The molecule has 4 rings (SSSR count). The molecule has 1 aliphatic heterocycles. The summed E-state index contributed by atoms with van der Waals surface area (Å²) < 4.78 is 55.2. The van der Waals surface area contributed by atoms with Crippen LogP contribution in [-0.2, 0) is 7.05 Å². The number of fused-ring (bicyclic) bond motifs is 3. The molecule has 4 heterocycles. The molecular formula is C19H21BN3O+. The molecule has 0 atom stereocenters. The number of aryl methyl sites for hydroxylation is 3. The van der Waals surface area contributed by atoms with Crippen molar-refractivity contribution in [2.24, 2.45) is 7.05 Å². The molecule has 0 bridgehead atoms. The third-order valence-electron chi connectivity index (χ3n) is 4.55. The van der Waals surface area contributed by atoms with Crippen molar-refractivity contribution in [3.8, 4) is 0 Å². The first-order valence-electron chi connectivity index (χ1n) is 10.7. The van der Waals surface area contributed by atoms with Crippen LogP contribution < -0.4 is 15.8 Å². The van der Waals surface area contributed by atoms with Crippen molar-refractivity contribution in [1.82, 2.24) is 9.79 Å². The van der Waals surface area contributed by atoms with Gasteiger partial charge < -0.3 is 9.23 Å². The molecule has 4 nitrogen and oxygen atoms in total. The van der Waals surface area contributed by atoms with Gasteiger partial charge in [-0.15, -0.1) is 0 Å². The molecule has 0 aromatic carbocycles. The molecule has 5 heteroatoms. The first kappa shape index (κ1) is 9.67. The Hall–Kier alpha value is -2.56. The topological polar surface area (TPSA) is 33.2 Å². The van der Waals surface area contributed by atoms with Crippen LogP contribution in [-0.4, -0.2) is 23.7 Å². The van der Waals surface area contributed by atoms with Crippen molar-refractivity contribution in [3.05, 3.63) is 53.5 Å². The van der Waals surface area contributed by atoms with Gasteiger partial charge in [0, 0.05) is 37.0 Å². The standard InChI is InChI=1S/C19H21BN3O/c1-12-9-16(22(4)10-13(12)2)20-18-17(14(3)11-23(20)5)15-7-6-8-21-19(15)24-18/h6-11H,1-5H3/q+1/i2D3,3D3. The number of rotatable bonds is 1. The van der Waals surface area contributed by atoms with E-state index in [-0.39, 0.29) is 11.1 Å². The summed E-state index contributed by atoms with van der Waals surface area (Å²) in [5, 5.41) is 0.645. The Kier molecular flexibility index (Phi) is 2.11. The summed E-state index contributed by atoms with van der Waals surface area (Å²) in [6, 6.07) is 5.37. The summed E-state index contributed by atoms with van der Waals surface area (Å²) in [4.78, 5) is 6.05. The predicted molar refractivity (Wildman–Crippen MR) is 97.5 cm³/mol. The summed E-state index contributed by atoms with van der Waals surface area (Å²) in [5.74, 6) is 0. The van der Waals surface area contributed by atoms with Gasteiger partial charge in [-0.1, -0.05) is 0 Å². The first-order valence-corrected chi connectivity index (χ1v) is 7.72. The summed E-state index contributed by atoms with van der Waals surface area (Å²) in [5.41, 5.74) is 3.27. The van der Waals surface area contributed by atoms with Crippen LogP contribution in [0.4, 0.5) is 0 Å². The first-order chi connectivity index (χ1) is 13.9. The largest absolute Gasteiger partial charge is 0.449 e. The second kappa shape index (κ2) is 5.23. The van der Waals surface area contributed by atoms with E-state index in [1.54, 1.807) is 61.1 Å². The van der Waals surface area contributed by atoms with Gasteiger partial charge in [-0.2, -0.15) is 0 Å². The summed E-state index contributed by atoms with van der Waals surface area (Å²) >= 11 is 0. The molecule has 0 radical (unpaired) electrons. The van der Waals surface area contributed by atoms with Crippen LogP contribution >= 0.6 is 0 Å². The van der Waals surface area contributed by atoms with E-state index in [0.717, 1.165) is 5.59 Å². The molecule has 0 aliphatic carbocycles. The lowest BCUT2D eigenvalue weighted by Crippen LogP contribution is -2.65. The van der Waals surface area contributed by atoms with E-state index in [2.05, 4.69) is 4.98 Å². The number of allylic oxidation sites excluding steroid dienone is 1. The molecule has 1 aliphatic rings. The number of hydrogen-bond donors (Lipinski definition) is 0. The van der Waals surface area contributed by atoms with Gasteiger partial charge in [0.05, 0.1) is 0 Å².